The Morgan fingerprint density at radius 2 is 1.89 bits per heavy atom. The number of hydrogen-bond donors (Lipinski definition) is 1. The first-order valence-corrected chi connectivity index (χ1v) is 6.03. The first kappa shape index (κ1) is 10.8. The molecule has 0 aliphatic carbocycles. The number of benzene rings is 1. The number of aromatic nitrogens is 2. The topological polar surface area (TPSA) is 19.7 Å². The SMILES string of the molecule is C[n+]1c(/C=C/c2cc[nH]c2)ccc2ccccc21. The standard InChI is InChI=1S/C16H14N2/c1-18-15(8-6-13-10-11-17-12-13)9-7-14-4-2-3-5-16(14)18/h2-12H,1H3/p+1. The molecule has 2 heterocycles. The van der Waals surface area contributed by atoms with Crippen LogP contribution in [-0.2, 0) is 7.05 Å². The molecule has 88 valence electrons. The van der Waals surface area contributed by atoms with Crippen LogP contribution in [0.25, 0.3) is 23.1 Å². The Balaban J connectivity index is 2.05. The van der Waals surface area contributed by atoms with E-state index in [4.69, 9.17) is 0 Å². The molecule has 0 fully saturated rings. The van der Waals surface area contributed by atoms with Crippen LogP contribution in [0.2, 0.25) is 0 Å². The van der Waals surface area contributed by atoms with Crippen molar-refractivity contribution in [2.45, 2.75) is 0 Å². The van der Waals surface area contributed by atoms with Gasteiger partial charge in [0.2, 0.25) is 11.2 Å². The number of para-hydroxylation sites is 1. The zero-order chi connectivity index (χ0) is 12.4. The molecule has 3 rings (SSSR count). The molecule has 1 N–H and O–H groups in total. The second-order valence-corrected chi connectivity index (χ2v) is 4.35. The van der Waals surface area contributed by atoms with Crippen LogP contribution >= 0.6 is 0 Å². The molecule has 0 unspecified atom stereocenters. The molecule has 0 radical (unpaired) electrons. The number of pyridine rings is 1. The number of aryl methyl sites for hydroxylation is 1. The van der Waals surface area contributed by atoms with Gasteiger partial charge in [-0.05, 0) is 29.8 Å². The third-order valence-electron chi connectivity index (χ3n) is 3.19. The minimum Gasteiger partial charge on any atom is -0.367 e. The first-order valence-electron chi connectivity index (χ1n) is 6.03. The fourth-order valence-corrected chi connectivity index (χ4v) is 2.15. The highest BCUT2D eigenvalue weighted by atomic mass is 14.9. The summed E-state index contributed by atoms with van der Waals surface area (Å²) in [6, 6.07) is 14.8. The van der Waals surface area contributed by atoms with Crippen molar-refractivity contribution in [2.24, 2.45) is 7.05 Å². The van der Waals surface area contributed by atoms with E-state index < -0.39 is 0 Å². The summed E-state index contributed by atoms with van der Waals surface area (Å²) in [4.78, 5) is 3.05. The molecule has 1 aromatic carbocycles. The average molecular weight is 235 g/mol. The predicted molar refractivity (Wildman–Crippen MR) is 74.8 cm³/mol. The number of nitrogens with one attached hydrogen (secondary N) is 1. The Labute approximate surface area is 106 Å². The highest BCUT2D eigenvalue weighted by Gasteiger charge is 2.07. The molecule has 0 saturated carbocycles. The van der Waals surface area contributed by atoms with Crippen molar-refractivity contribution in [3.8, 4) is 0 Å². The van der Waals surface area contributed by atoms with Gasteiger partial charge in [-0.15, -0.1) is 0 Å². The van der Waals surface area contributed by atoms with Gasteiger partial charge in [0.15, 0.2) is 0 Å². The minimum atomic E-state index is 1.18. The number of H-pyrrole nitrogens is 1. The van der Waals surface area contributed by atoms with Crippen molar-refractivity contribution in [1.82, 2.24) is 4.98 Å². The van der Waals surface area contributed by atoms with Crippen LogP contribution in [0.4, 0.5) is 0 Å². The van der Waals surface area contributed by atoms with Crippen LogP contribution in [0.1, 0.15) is 11.3 Å². The molecule has 0 saturated heterocycles. The third-order valence-corrected chi connectivity index (χ3v) is 3.19. The maximum absolute atomic E-state index is 3.05. The summed E-state index contributed by atoms with van der Waals surface area (Å²) in [5.41, 5.74) is 3.62. The van der Waals surface area contributed by atoms with E-state index in [9.17, 15) is 0 Å². The van der Waals surface area contributed by atoms with E-state index in [-0.39, 0.29) is 0 Å². The Bertz CT molecular complexity index is 694. The number of nitrogens with zero attached hydrogens (tertiary/aromatic N) is 1. The van der Waals surface area contributed by atoms with Gasteiger partial charge >= 0.3 is 0 Å². The second-order valence-electron chi connectivity index (χ2n) is 4.35. The van der Waals surface area contributed by atoms with Gasteiger partial charge < -0.3 is 4.98 Å². The van der Waals surface area contributed by atoms with Gasteiger partial charge in [-0.2, -0.15) is 4.57 Å². The van der Waals surface area contributed by atoms with Crippen LogP contribution in [0.5, 0.6) is 0 Å². The van der Waals surface area contributed by atoms with E-state index in [2.05, 4.69) is 71.2 Å². The number of rotatable bonds is 2. The zero-order valence-electron chi connectivity index (χ0n) is 10.3. The largest absolute Gasteiger partial charge is 0.367 e. The molecule has 0 spiro atoms. The van der Waals surface area contributed by atoms with Gasteiger partial charge in [0.25, 0.3) is 0 Å². The zero-order valence-corrected chi connectivity index (χ0v) is 10.3. The van der Waals surface area contributed by atoms with Crippen molar-refractivity contribution >= 4 is 23.1 Å². The molecule has 0 atom stereocenters. The van der Waals surface area contributed by atoms with E-state index in [1.165, 1.54) is 22.2 Å². The smallest absolute Gasteiger partial charge is 0.212 e. The van der Waals surface area contributed by atoms with E-state index in [1.54, 1.807) is 0 Å². The molecule has 0 aliphatic heterocycles. The molecule has 18 heavy (non-hydrogen) atoms. The first-order chi connectivity index (χ1) is 8.84. The van der Waals surface area contributed by atoms with Gasteiger partial charge in [-0.25, -0.2) is 0 Å². The molecule has 0 bridgehead atoms. The van der Waals surface area contributed by atoms with Crippen LogP contribution in [0.3, 0.4) is 0 Å². The van der Waals surface area contributed by atoms with Gasteiger partial charge in [-0.1, -0.05) is 12.1 Å². The fourth-order valence-electron chi connectivity index (χ4n) is 2.15. The lowest BCUT2D eigenvalue weighted by Crippen LogP contribution is -2.32. The molecular formula is C16H15N2+. The summed E-state index contributed by atoms with van der Waals surface area (Å²) in [5.74, 6) is 0. The highest BCUT2D eigenvalue weighted by Crippen LogP contribution is 2.11. The van der Waals surface area contributed by atoms with E-state index in [0.717, 1.165) is 0 Å². The summed E-state index contributed by atoms with van der Waals surface area (Å²) < 4.78 is 2.21. The maximum Gasteiger partial charge on any atom is 0.212 e. The van der Waals surface area contributed by atoms with Crippen molar-refractivity contribution in [3.05, 3.63) is 66.1 Å². The van der Waals surface area contributed by atoms with Gasteiger partial charge in [0.1, 0.15) is 7.05 Å². The highest BCUT2D eigenvalue weighted by molar-refractivity contribution is 5.77. The number of hydrogen-bond acceptors (Lipinski definition) is 0. The lowest BCUT2D eigenvalue weighted by molar-refractivity contribution is -0.646. The molecule has 0 amide bonds. The van der Waals surface area contributed by atoms with Gasteiger partial charge in [0.05, 0.1) is 0 Å². The van der Waals surface area contributed by atoms with Gasteiger partial charge in [-0.3, -0.25) is 0 Å². The average Bonchev–Trinajstić information content (AvgIpc) is 2.91. The Kier molecular flexibility index (Phi) is 2.69. The predicted octanol–water partition coefficient (Wildman–Crippen LogP) is 3.16. The van der Waals surface area contributed by atoms with Crippen LogP contribution in [0.15, 0.2) is 54.9 Å². The lowest BCUT2D eigenvalue weighted by atomic mass is 10.2. The van der Waals surface area contributed by atoms with E-state index in [0.29, 0.717) is 0 Å². The molecule has 3 aromatic rings. The maximum atomic E-state index is 3.05. The summed E-state index contributed by atoms with van der Waals surface area (Å²) in [6.07, 6.45) is 8.16. The van der Waals surface area contributed by atoms with E-state index in [1.807, 2.05) is 12.4 Å². The Morgan fingerprint density at radius 3 is 2.72 bits per heavy atom. The van der Waals surface area contributed by atoms with Crippen LogP contribution in [-0.4, -0.2) is 4.98 Å². The third kappa shape index (κ3) is 1.93. The molecule has 2 heteroatoms. The fraction of sp³-hybridized carbons (Fsp3) is 0.0625. The number of aromatic amines is 1. The summed E-state index contributed by atoms with van der Waals surface area (Å²) in [7, 11) is 2.10. The second kappa shape index (κ2) is 4.49. The van der Waals surface area contributed by atoms with Gasteiger partial charge in [0, 0.05) is 36.0 Å². The quantitative estimate of drug-likeness (QED) is 0.658. The van der Waals surface area contributed by atoms with Crippen molar-refractivity contribution in [3.63, 3.8) is 0 Å². The Hall–Kier alpha value is -2.35. The number of fused-ring (bicyclic) bond motifs is 1. The normalized spacial score (nSPS) is 11.4. The summed E-state index contributed by atoms with van der Waals surface area (Å²) in [5, 5.41) is 1.26. The van der Waals surface area contributed by atoms with Crippen molar-refractivity contribution < 1.29 is 4.57 Å². The Morgan fingerprint density at radius 1 is 1.00 bits per heavy atom. The van der Waals surface area contributed by atoms with Crippen LogP contribution in [0, 0.1) is 0 Å². The summed E-state index contributed by atoms with van der Waals surface area (Å²) in [6.45, 7) is 0. The van der Waals surface area contributed by atoms with E-state index >= 15 is 0 Å². The van der Waals surface area contributed by atoms with Crippen LogP contribution < -0.4 is 4.57 Å². The molecule has 2 nitrogen and oxygen atoms in total. The monoisotopic (exact) mass is 235 g/mol. The molecule has 2 aromatic heterocycles. The summed E-state index contributed by atoms with van der Waals surface area (Å²) >= 11 is 0. The molecule has 0 aliphatic rings. The van der Waals surface area contributed by atoms with Crippen molar-refractivity contribution in [2.75, 3.05) is 0 Å². The lowest BCUT2D eigenvalue weighted by Gasteiger charge is -1.99. The van der Waals surface area contributed by atoms with Crippen molar-refractivity contribution in [1.29, 1.82) is 0 Å². The minimum absolute atomic E-state index is 1.18. The molecular weight excluding hydrogens is 220 g/mol.